The fraction of sp³-hybridized carbons (Fsp3) is 0.421. The van der Waals surface area contributed by atoms with Crippen molar-refractivity contribution in [2.24, 2.45) is 0 Å². The number of hydrogen-bond acceptors (Lipinski definition) is 5. The fourth-order valence-electron chi connectivity index (χ4n) is 3.00. The quantitative estimate of drug-likeness (QED) is 0.864. The summed E-state index contributed by atoms with van der Waals surface area (Å²) in [7, 11) is 0. The second kappa shape index (κ2) is 8.47. The number of carbonyl (C=O) groups is 2. The van der Waals surface area contributed by atoms with Gasteiger partial charge in [-0.25, -0.2) is 14.2 Å². The second-order valence-corrected chi connectivity index (χ2v) is 7.37. The standard InChI is InChI=1S/C19H22FN3O3S/c1-3-26-19(25)23-10-8-15(9-11-23)22-17(24)16-12(2)21-18(27-16)13-4-6-14(20)7-5-13/h4-7,15H,3,8-11H2,1-2H3,(H,22,24). The summed E-state index contributed by atoms with van der Waals surface area (Å²) in [4.78, 5) is 31.0. The molecule has 0 atom stereocenters. The normalized spacial score (nSPS) is 14.9. The summed E-state index contributed by atoms with van der Waals surface area (Å²) in [6, 6.07) is 6.08. The summed E-state index contributed by atoms with van der Waals surface area (Å²) in [5.74, 6) is -0.466. The Balaban J connectivity index is 1.60. The van der Waals surface area contributed by atoms with Gasteiger partial charge in [0.1, 0.15) is 15.7 Å². The van der Waals surface area contributed by atoms with Crippen molar-refractivity contribution < 1.29 is 18.7 Å². The Morgan fingerprint density at radius 2 is 1.96 bits per heavy atom. The number of thiazole rings is 1. The lowest BCUT2D eigenvalue weighted by atomic mass is 10.1. The van der Waals surface area contributed by atoms with Crippen LogP contribution in [-0.2, 0) is 4.74 Å². The minimum absolute atomic E-state index is 0.0129. The van der Waals surface area contributed by atoms with Crippen LogP contribution < -0.4 is 5.32 Å². The van der Waals surface area contributed by atoms with Crippen LogP contribution in [0.25, 0.3) is 10.6 Å². The minimum Gasteiger partial charge on any atom is -0.450 e. The van der Waals surface area contributed by atoms with E-state index in [2.05, 4.69) is 10.3 Å². The average Bonchev–Trinajstić information content (AvgIpc) is 3.05. The Labute approximate surface area is 161 Å². The van der Waals surface area contributed by atoms with Crippen LogP contribution in [0, 0.1) is 12.7 Å². The second-order valence-electron chi connectivity index (χ2n) is 6.37. The molecule has 1 aliphatic rings. The summed E-state index contributed by atoms with van der Waals surface area (Å²) in [6.07, 6.45) is 1.07. The van der Waals surface area contributed by atoms with Crippen molar-refractivity contribution >= 4 is 23.3 Å². The molecule has 0 bridgehead atoms. The molecule has 144 valence electrons. The number of amides is 2. The predicted octanol–water partition coefficient (Wildman–Crippen LogP) is 3.61. The lowest BCUT2D eigenvalue weighted by molar-refractivity contribution is 0.0862. The van der Waals surface area contributed by atoms with Gasteiger partial charge in [-0.2, -0.15) is 0 Å². The molecule has 1 saturated heterocycles. The van der Waals surface area contributed by atoms with Crippen molar-refractivity contribution in [1.29, 1.82) is 0 Å². The largest absolute Gasteiger partial charge is 0.450 e. The van der Waals surface area contributed by atoms with E-state index in [1.165, 1.54) is 23.5 Å². The van der Waals surface area contributed by atoms with Gasteiger partial charge in [-0.3, -0.25) is 4.79 Å². The number of ether oxygens (including phenoxy) is 1. The molecule has 0 saturated carbocycles. The smallest absolute Gasteiger partial charge is 0.409 e. The molecule has 27 heavy (non-hydrogen) atoms. The number of likely N-dealkylation sites (tertiary alicyclic amines) is 1. The van der Waals surface area contributed by atoms with Gasteiger partial charge in [0.05, 0.1) is 12.3 Å². The van der Waals surface area contributed by atoms with Gasteiger partial charge in [-0.1, -0.05) is 0 Å². The first-order chi connectivity index (χ1) is 13.0. The van der Waals surface area contributed by atoms with Crippen molar-refractivity contribution in [2.75, 3.05) is 19.7 Å². The predicted molar refractivity (Wildman–Crippen MR) is 101 cm³/mol. The Kier molecular flexibility index (Phi) is 6.05. The van der Waals surface area contributed by atoms with Crippen molar-refractivity contribution in [3.8, 4) is 10.6 Å². The number of aromatic nitrogens is 1. The molecule has 0 spiro atoms. The van der Waals surface area contributed by atoms with Gasteiger partial charge >= 0.3 is 6.09 Å². The molecule has 3 rings (SSSR count). The van der Waals surface area contributed by atoms with Crippen molar-refractivity contribution in [1.82, 2.24) is 15.2 Å². The number of benzene rings is 1. The SMILES string of the molecule is CCOC(=O)N1CCC(NC(=O)c2sc(-c3ccc(F)cc3)nc2C)CC1. The zero-order chi connectivity index (χ0) is 19.4. The van der Waals surface area contributed by atoms with E-state index in [1.807, 2.05) is 0 Å². The number of carbonyl (C=O) groups excluding carboxylic acids is 2. The highest BCUT2D eigenvalue weighted by Gasteiger charge is 2.26. The molecule has 2 heterocycles. The summed E-state index contributed by atoms with van der Waals surface area (Å²) >= 11 is 1.30. The van der Waals surface area contributed by atoms with E-state index in [1.54, 1.807) is 30.9 Å². The van der Waals surface area contributed by atoms with Gasteiger partial charge in [-0.05, 0) is 51.0 Å². The third-order valence-electron chi connectivity index (χ3n) is 4.45. The van der Waals surface area contributed by atoms with Gasteiger partial charge in [0.2, 0.25) is 0 Å². The molecule has 0 radical (unpaired) electrons. The molecular weight excluding hydrogens is 369 g/mol. The fourth-order valence-corrected chi connectivity index (χ4v) is 3.97. The van der Waals surface area contributed by atoms with Gasteiger partial charge in [0.15, 0.2) is 0 Å². The van der Waals surface area contributed by atoms with E-state index < -0.39 is 0 Å². The Hall–Kier alpha value is -2.48. The van der Waals surface area contributed by atoms with Gasteiger partial charge in [-0.15, -0.1) is 11.3 Å². The first-order valence-electron chi connectivity index (χ1n) is 8.94. The highest BCUT2D eigenvalue weighted by atomic mass is 32.1. The molecule has 0 unspecified atom stereocenters. The van der Waals surface area contributed by atoms with Crippen LogP contribution in [0.4, 0.5) is 9.18 Å². The number of piperidine rings is 1. The van der Waals surface area contributed by atoms with Crippen LogP contribution in [-0.4, -0.2) is 47.6 Å². The molecule has 2 amide bonds. The van der Waals surface area contributed by atoms with Crippen LogP contribution in [0.3, 0.4) is 0 Å². The molecule has 2 aromatic rings. The molecule has 1 aliphatic heterocycles. The number of halogens is 1. The van der Waals surface area contributed by atoms with Crippen LogP contribution >= 0.6 is 11.3 Å². The van der Waals surface area contributed by atoms with E-state index in [4.69, 9.17) is 4.74 Å². The molecule has 1 fully saturated rings. The number of hydrogen-bond donors (Lipinski definition) is 1. The van der Waals surface area contributed by atoms with Gasteiger partial charge < -0.3 is 15.0 Å². The van der Waals surface area contributed by atoms with Crippen LogP contribution in [0.2, 0.25) is 0 Å². The molecule has 8 heteroatoms. The summed E-state index contributed by atoms with van der Waals surface area (Å²) in [5.41, 5.74) is 1.44. The van der Waals surface area contributed by atoms with Crippen molar-refractivity contribution in [3.63, 3.8) is 0 Å². The maximum Gasteiger partial charge on any atom is 0.409 e. The summed E-state index contributed by atoms with van der Waals surface area (Å²) in [5, 5.41) is 3.72. The highest BCUT2D eigenvalue weighted by molar-refractivity contribution is 7.17. The zero-order valence-corrected chi connectivity index (χ0v) is 16.1. The minimum atomic E-state index is -0.306. The van der Waals surface area contributed by atoms with Crippen molar-refractivity contribution in [3.05, 3.63) is 40.7 Å². The summed E-state index contributed by atoms with van der Waals surface area (Å²) in [6.45, 7) is 5.05. The lowest BCUT2D eigenvalue weighted by Crippen LogP contribution is -2.46. The third kappa shape index (κ3) is 4.63. The monoisotopic (exact) mass is 391 g/mol. The first kappa shape index (κ1) is 19.3. The lowest BCUT2D eigenvalue weighted by Gasteiger charge is -2.31. The average molecular weight is 391 g/mol. The van der Waals surface area contributed by atoms with Gasteiger partial charge in [0, 0.05) is 24.7 Å². The molecule has 1 N–H and O–H groups in total. The maximum atomic E-state index is 13.1. The first-order valence-corrected chi connectivity index (χ1v) is 9.75. The van der Waals surface area contributed by atoms with E-state index in [9.17, 15) is 14.0 Å². The molecule has 1 aromatic heterocycles. The topological polar surface area (TPSA) is 71.5 Å². The van der Waals surface area contributed by atoms with Crippen LogP contribution in [0.15, 0.2) is 24.3 Å². The van der Waals surface area contributed by atoms with Crippen LogP contribution in [0.5, 0.6) is 0 Å². The van der Waals surface area contributed by atoms with E-state index >= 15 is 0 Å². The molecule has 1 aromatic carbocycles. The Morgan fingerprint density at radius 3 is 2.59 bits per heavy atom. The number of nitrogens with one attached hydrogen (secondary N) is 1. The Bertz CT molecular complexity index is 814. The van der Waals surface area contributed by atoms with E-state index in [0.29, 0.717) is 48.1 Å². The number of rotatable bonds is 4. The zero-order valence-electron chi connectivity index (χ0n) is 15.3. The van der Waals surface area contributed by atoms with Crippen LogP contribution in [0.1, 0.15) is 35.1 Å². The number of nitrogens with zero attached hydrogens (tertiary/aromatic N) is 2. The number of aryl methyl sites for hydroxylation is 1. The molecule has 6 nitrogen and oxygen atoms in total. The van der Waals surface area contributed by atoms with E-state index in [0.717, 1.165) is 5.56 Å². The summed E-state index contributed by atoms with van der Waals surface area (Å²) < 4.78 is 18.1. The molecular formula is C19H22FN3O3S. The third-order valence-corrected chi connectivity index (χ3v) is 5.66. The Morgan fingerprint density at radius 1 is 1.30 bits per heavy atom. The highest BCUT2D eigenvalue weighted by Crippen LogP contribution is 2.28. The molecule has 0 aliphatic carbocycles. The van der Waals surface area contributed by atoms with Crippen molar-refractivity contribution in [2.45, 2.75) is 32.7 Å². The van der Waals surface area contributed by atoms with E-state index in [-0.39, 0.29) is 23.9 Å². The van der Waals surface area contributed by atoms with Gasteiger partial charge in [0.25, 0.3) is 5.91 Å². The maximum absolute atomic E-state index is 13.1.